The zero-order valence-electron chi connectivity index (χ0n) is 18.0. The lowest BCUT2D eigenvalue weighted by atomic mass is 9.94. The van der Waals surface area contributed by atoms with E-state index in [-0.39, 0.29) is 12.0 Å². The Kier molecular flexibility index (Phi) is 5.65. The standard InChI is InChI=1S/C25H27N3O3/c1-16-22-14-26-10-9-20(22)21-8-7-18(12-23(21)31-16)24(29)27-13-17-5-4-6-19(11-17)28-15-25(2,3)30/h4-12,14,16,28,30H,13,15H2,1-3H3,(H,27,29). The number of amides is 1. The summed E-state index contributed by atoms with van der Waals surface area (Å²) in [4.78, 5) is 16.9. The molecule has 0 radical (unpaired) electrons. The maximum atomic E-state index is 12.7. The smallest absolute Gasteiger partial charge is 0.251 e. The summed E-state index contributed by atoms with van der Waals surface area (Å²) in [6.45, 7) is 6.33. The van der Waals surface area contributed by atoms with Crippen molar-refractivity contribution in [3.05, 3.63) is 77.6 Å². The van der Waals surface area contributed by atoms with Crippen LogP contribution in [0.15, 0.2) is 60.9 Å². The second-order valence-electron chi connectivity index (χ2n) is 8.48. The zero-order chi connectivity index (χ0) is 22.0. The van der Waals surface area contributed by atoms with Gasteiger partial charge in [0, 0.05) is 47.9 Å². The highest BCUT2D eigenvalue weighted by Gasteiger charge is 2.24. The van der Waals surface area contributed by atoms with Gasteiger partial charge in [0.1, 0.15) is 11.9 Å². The van der Waals surface area contributed by atoms with E-state index in [2.05, 4.69) is 15.6 Å². The van der Waals surface area contributed by atoms with E-state index in [0.29, 0.717) is 24.4 Å². The van der Waals surface area contributed by atoms with Gasteiger partial charge < -0.3 is 20.5 Å². The van der Waals surface area contributed by atoms with Crippen molar-refractivity contribution in [2.45, 2.75) is 39.0 Å². The number of carbonyl (C=O) groups is 1. The fourth-order valence-electron chi connectivity index (χ4n) is 3.61. The van der Waals surface area contributed by atoms with Crippen molar-refractivity contribution < 1.29 is 14.6 Å². The molecule has 4 rings (SSSR count). The molecule has 2 aromatic carbocycles. The van der Waals surface area contributed by atoms with Gasteiger partial charge in [0.15, 0.2) is 0 Å². The van der Waals surface area contributed by atoms with Crippen molar-refractivity contribution in [3.8, 4) is 16.9 Å². The Balaban J connectivity index is 1.44. The minimum Gasteiger partial charge on any atom is -0.485 e. The van der Waals surface area contributed by atoms with E-state index in [4.69, 9.17) is 4.74 Å². The lowest BCUT2D eigenvalue weighted by Gasteiger charge is -2.26. The van der Waals surface area contributed by atoms with Crippen LogP contribution in [-0.4, -0.2) is 28.1 Å². The van der Waals surface area contributed by atoms with Crippen LogP contribution in [0.4, 0.5) is 5.69 Å². The number of nitrogens with one attached hydrogen (secondary N) is 2. The first-order chi connectivity index (χ1) is 14.8. The van der Waals surface area contributed by atoms with Gasteiger partial charge in [0.05, 0.1) is 5.60 Å². The summed E-state index contributed by atoms with van der Waals surface area (Å²) < 4.78 is 6.03. The minimum atomic E-state index is -0.798. The van der Waals surface area contributed by atoms with Crippen molar-refractivity contribution in [1.82, 2.24) is 10.3 Å². The van der Waals surface area contributed by atoms with Crippen molar-refractivity contribution in [2.75, 3.05) is 11.9 Å². The van der Waals surface area contributed by atoms with E-state index in [9.17, 15) is 9.90 Å². The normalized spacial score (nSPS) is 14.8. The van der Waals surface area contributed by atoms with Crippen LogP contribution in [0.25, 0.3) is 11.1 Å². The first-order valence-corrected chi connectivity index (χ1v) is 10.4. The van der Waals surface area contributed by atoms with Gasteiger partial charge in [-0.25, -0.2) is 0 Å². The molecule has 1 amide bonds. The molecule has 0 fully saturated rings. The van der Waals surface area contributed by atoms with E-state index >= 15 is 0 Å². The second kappa shape index (κ2) is 8.40. The van der Waals surface area contributed by atoms with E-state index in [0.717, 1.165) is 27.9 Å². The third kappa shape index (κ3) is 4.86. The number of aliphatic hydroxyl groups is 1. The monoisotopic (exact) mass is 417 g/mol. The molecule has 0 saturated carbocycles. The molecule has 3 aromatic rings. The average Bonchev–Trinajstić information content (AvgIpc) is 2.76. The molecule has 0 spiro atoms. The molecule has 1 aliphatic heterocycles. The highest BCUT2D eigenvalue weighted by atomic mass is 16.5. The number of anilines is 1. The van der Waals surface area contributed by atoms with Crippen LogP contribution in [0, 0.1) is 0 Å². The van der Waals surface area contributed by atoms with Crippen LogP contribution < -0.4 is 15.4 Å². The molecule has 1 aromatic heterocycles. The molecule has 3 N–H and O–H groups in total. The summed E-state index contributed by atoms with van der Waals surface area (Å²) in [5.41, 5.74) is 4.73. The van der Waals surface area contributed by atoms with Crippen LogP contribution in [0.3, 0.4) is 0 Å². The van der Waals surface area contributed by atoms with Gasteiger partial charge in [-0.2, -0.15) is 0 Å². The topological polar surface area (TPSA) is 83.5 Å². The number of nitrogens with zero attached hydrogens (tertiary/aromatic N) is 1. The summed E-state index contributed by atoms with van der Waals surface area (Å²) in [5, 5.41) is 16.0. The van der Waals surface area contributed by atoms with Crippen LogP contribution in [-0.2, 0) is 6.54 Å². The third-order valence-corrected chi connectivity index (χ3v) is 5.23. The molecule has 31 heavy (non-hydrogen) atoms. The van der Waals surface area contributed by atoms with Gasteiger partial charge in [0.25, 0.3) is 5.91 Å². The molecule has 1 atom stereocenters. The fraction of sp³-hybridized carbons (Fsp3) is 0.280. The number of carbonyl (C=O) groups excluding carboxylic acids is 1. The van der Waals surface area contributed by atoms with Crippen LogP contribution >= 0.6 is 0 Å². The van der Waals surface area contributed by atoms with Gasteiger partial charge in [-0.3, -0.25) is 9.78 Å². The van der Waals surface area contributed by atoms with E-state index in [1.165, 1.54) is 0 Å². The molecule has 0 bridgehead atoms. The van der Waals surface area contributed by atoms with Gasteiger partial charge in [0.2, 0.25) is 0 Å². The Bertz CT molecular complexity index is 1110. The molecule has 160 valence electrons. The molecule has 1 aliphatic rings. The van der Waals surface area contributed by atoms with Gasteiger partial charge in [-0.15, -0.1) is 0 Å². The molecule has 6 nitrogen and oxygen atoms in total. The SMILES string of the molecule is CC1Oc2cc(C(=O)NCc3cccc(NCC(C)(C)O)c3)ccc2-c2ccncc21. The van der Waals surface area contributed by atoms with Crippen molar-refractivity contribution in [3.63, 3.8) is 0 Å². The fourth-order valence-corrected chi connectivity index (χ4v) is 3.61. The largest absolute Gasteiger partial charge is 0.485 e. The van der Waals surface area contributed by atoms with E-state index in [1.807, 2.05) is 55.6 Å². The summed E-state index contributed by atoms with van der Waals surface area (Å²) in [6.07, 6.45) is 3.48. The summed E-state index contributed by atoms with van der Waals surface area (Å²) >= 11 is 0. The molecule has 0 aliphatic carbocycles. The number of pyridine rings is 1. The zero-order valence-corrected chi connectivity index (χ0v) is 18.0. The lowest BCUT2D eigenvalue weighted by molar-refractivity contribution is 0.0941. The Hall–Kier alpha value is -3.38. The maximum Gasteiger partial charge on any atom is 0.251 e. The molecular formula is C25H27N3O3. The van der Waals surface area contributed by atoms with Crippen LogP contribution in [0.1, 0.15) is 48.4 Å². The number of aromatic nitrogens is 1. The maximum absolute atomic E-state index is 12.7. The predicted molar refractivity (Wildman–Crippen MR) is 121 cm³/mol. The molecule has 2 heterocycles. The van der Waals surface area contributed by atoms with Crippen molar-refractivity contribution in [2.24, 2.45) is 0 Å². The highest BCUT2D eigenvalue weighted by Crippen LogP contribution is 2.42. The number of benzene rings is 2. The Morgan fingerprint density at radius 1 is 1.16 bits per heavy atom. The third-order valence-electron chi connectivity index (χ3n) is 5.23. The first kappa shape index (κ1) is 20.9. The number of hydrogen-bond acceptors (Lipinski definition) is 5. The lowest BCUT2D eigenvalue weighted by Crippen LogP contribution is -2.29. The highest BCUT2D eigenvalue weighted by molar-refractivity contribution is 5.95. The summed E-state index contributed by atoms with van der Waals surface area (Å²) in [5.74, 6) is 0.547. The van der Waals surface area contributed by atoms with Crippen molar-refractivity contribution >= 4 is 11.6 Å². The number of ether oxygens (including phenoxy) is 1. The number of fused-ring (bicyclic) bond motifs is 3. The Morgan fingerprint density at radius 2 is 2.00 bits per heavy atom. The Morgan fingerprint density at radius 3 is 2.81 bits per heavy atom. The molecular weight excluding hydrogens is 390 g/mol. The van der Waals surface area contributed by atoms with Gasteiger partial charge in [-0.1, -0.05) is 12.1 Å². The number of hydrogen-bond donors (Lipinski definition) is 3. The molecule has 6 heteroatoms. The quantitative estimate of drug-likeness (QED) is 0.557. The Labute approximate surface area is 182 Å². The summed E-state index contributed by atoms with van der Waals surface area (Å²) in [7, 11) is 0. The van der Waals surface area contributed by atoms with E-state index in [1.54, 1.807) is 26.1 Å². The average molecular weight is 418 g/mol. The van der Waals surface area contributed by atoms with E-state index < -0.39 is 5.60 Å². The summed E-state index contributed by atoms with van der Waals surface area (Å²) in [6, 6.07) is 15.3. The van der Waals surface area contributed by atoms with Crippen molar-refractivity contribution in [1.29, 1.82) is 0 Å². The molecule has 1 unspecified atom stereocenters. The predicted octanol–water partition coefficient (Wildman–Crippen LogP) is 4.31. The first-order valence-electron chi connectivity index (χ1n) is 10.4. The minimum absolute atomic E-state index is 0.117. The van der Waals surface area contributed by atoms with Crippen LogP contribution in [0.2, 0.25) is 0 Å². The van der Waals surface area contributed by atoms with Crippen LogP contribution in [0.5, 0.6) is 5.75 Å². The van der Waals surface area contributed by atoms with Gasteiger partial charge >= 0.3 is 0 Å². The number of rotatable bonds is 6. The second-order valence-corrected chi connectivity index (χ2v) is 8.48. The molecule has 0 saturated heterocycles. The van der Waals surface area contributed by atoms with Gasteiger partial charge in [-0.05, 0) is 68.3 Å².